The summed E-state index contributed by atoms with van der Waals surface area (Å²) in [5.74, 6) is -0.621. The van der Waals surface area contributed by atoms with Crippen LogP contribution in [0, 0.1) is 5.41 Å². The monoisotopic (exact) mass is 242 g/mol. The highest BCUT2D eigenvalue weighted by molar-refractivity contribution is 5.90. The minimum Gasteiger partial charge on any atom is -0.373 e. The highest BCUT2D eigenvalue weighted by atomic mass is 16.7. The Morgan fingerprint density at radius 1 is 1.41 bits per heavy atom. The molecule has 17 heavy (non-hydrogen) atoms. The smallest absolute Gasteiger partial charge is 0.180 e. The lowest BCUT2D eigenvalue weighted by molar-refractivity contribution is -0.292. The average molecular weight is 242 g/mol. The summed E-state index contributed by atoms with van der Waals surface area (Å²) in [6.07, 6.45) is 2.17. The first kappa shape index (κ1) is 14.4. The van der Waals surface area contributed by atoms with E-state index in [9.17, 15) is 4.79 Å². The Labute approximate surface area is 103 Å². The molecule has 1 heterocycles. The largest absolute Gasteiger partial charge is 0.373 e. The molecule has 0 unspecified atom stereocenters. The molecular weight excluding hydrogens is 220 g/mol. The molecule has 0 aromatic carbocycles. The van der Waals surface area contributed by atoms with Gasteiger partial charge in [0, 0.05) is 5.41 Å². The molecule has 0 atom stereocenters. The van der Waals surface area contributed by atoms with Crippen LogP contribution in [0.2, 0.25) is 0 Å². The van der Waals surface area contributed by atoms with Crippen molar-refractivity contribution in [2.45, 2.75) is 33.0 Å². The van der Waals surface area contributed by atoms with Crippen LogP contribution in [-0.4, -0.2) is 38.0 Å². The lowest BCUT2D eigenvalue weighted by atomic mass is 9.87. The van der Waals surface area contributed by atoms with Crippen LogP contribution in [0.3, 0.4) is 0 Å². The lowest BCUT2D eigenvalue weighted by Crippen LogP contribution is -2.48. The predicted molar refractivity (Wildman–Crippen MR) is 64.7 cm³/mol. The number of rotatable bonds is 6. The number of hydrogen-bond acceptors (Lipinski definition) is 4. The van der Waals surface area contributed by atoms with Gasteiger partial charge >= 0.3 is 0 Å². The zero-order valence-corrected chi connectivity index (χ0v) is 11.0. The molecule has 0 amide bonds. The van der Waals surface area contributed by atoms with E-state index in [-0.39, 0.29) is 17.8 Å². The first-order valence-electron chi connectivity index (χ1n) is 5.94. The van der Waals surface area contributed by atoms with Crippen molar-refractivity contribution < 1.29 is 19.0 Å². The summed E-state index contributed by atoms with van der Waals surface area (Å²) in [6.45, 7) is 11.0. The molecule has 1 fully saturated rings. The fourth-order valence-electron chi connectivity index (χ4n) is 1.55. The Bertz CT molecular complexity index is 273. The fraction of sp³-hybridized carbons (Fsp3) is 0.769. The van der Waals surface area contributed by atoms with Crippen LogP contribution in [0.15, 0.2) is 12.7 Å². The zero-order valence-electron chi connectivity index (χ0n) is 11.0. The van der Waals surface area contributed by atoms with E-state index in [1.54, 1.807) is 0 Å². The lowest BCUT2D eigenvalue weighted by Gasteiger charge is -2.42. The van der Waals surface area contributed by atoms with Crippen LogP contribution in [0.5, 0.6) is 0 Å². The van der Waals surface area contributed by atoms with Crippen LogP contribution in [-0.2, 0) is 19.0 Å². The molecule has 4 nitrogen and oxygen atoms in total. The molecule has 1 aliphatic heterocycles. The molecule has 0 aliphatic carbocycles. The first-order chi connectivity index (χ1) is 7.93. The molecule has 0 saturated carbocycles. The summed E-state index contributed by atoms with van der Waals surface area (Å²) in [5.41, 5.74) is -0.142. The van der Waals surface area contributed by atoms with Gasteiger partial charge in [0.2, 0.25) is 0 Å². The van der Waals surface area contributed by atoms with E-state index in [0.717, 1.165) is 6.42 Å². The van der Waals surface area contributed by atoms with Gasteiger partial charge in [-0.2, -0.15) is 0 Å². The molecule has 0 bridgehead atoms. The minimum absolute atomic E-state index is 0.0780. The van der Waals surface area contributed by atoms with Crippen LogP contribution >= 0.6 is 0 Å². The summed E-state index contributed by atoms with van der Waals surface area (Å²) in [6, 6.07) is 0. The van der Waals surface area contributed by atoms with Gasteiger partial charge in [-0.05, 0) is 26.3 Å². The van der Waals surface area contributed by atoms with Crippen LogP contribution in [0.4, 0.5) is 0 Å². The molecule has 0 aromatic heterocycles. The standard InChI is InChI=1S/C13H22O4/c1-5-11(14)7-15-8-13(6-2)9-16-12(3,4)17-10-13/h5H,1,6-10H2,2-4H3. The van der Waals surface area contributed by atoms with Crippen molar-refractivity contribution in [3.8, 4) is 0 Å². The summed E-state index contributed by atoms with van der Waals surface area (Å²) < 4.78 is 16.7. The fourth-order valence-corrected chi connectivity index (χ4v) is 1.55. The van der Waals surface area contributed by atoms with Gasteiger partial charge in [-0.25, -0.2) is 0 Å². The molecule has 1 aliphatic rings. The van der Waals surface area contributed by atoms with Gasteiger partial charge in [0.1, 0.15) is 6.61 Å². The second-order valence-corrected chi connectivity index (χ2v) is 4.99. The summed E-state index contributed by atoms with van der Waals surface area (Å²) >= 11 is 0. The van der Waals surface area contributed by atoms with Gasteiger partial charge in [0.15, 0.2) is 11.6 Å². The van der Waals surface area contributed by atoms with Gasteiger partial charge in [-0.1, -0.05) is 13.5 Å². The molecule has 0 spiro atoms. The van der Waals surface area contributed by atoms with Crippen LogP contribution < -0.4 is 0 Å². The third-order valence-corrected chi connectivity index (χ3v) is 3.08. The summed E-state index contributed by atoms with van der Waals surface area (Å²) in [7, 11) is 0. The molecule has 0 radical (unpaired) electrons. The van der Waals surface area contributed by atoms with E-state index < -0.39 is 5.79 Å². The molecule has 0 aromatic rings. The Morgan fingerprint density at radius 2 is 2.00 bits per heavy atom. The Balaban J connectivity index is 2.42. The van der Waals surface area contributed by atoms with Crippen molar-refractivity contribution in [2.24, 2.45) is 5.41 Å². The molecule has 1 rings (SSSR count). The number of ether oxygens (including phenoxy) is 3. The second kappa shape index (κ2) is 5.76. The summed E-state index contributed by atoms with van der Waals surface area (Å²) in [4.78, 5) is 11.0. The van der Waals surface area contributed by atoms with Gasteiger partial charge in [-0.15, -0.1) is 0 Å². The van der Waals surface area contributed by atoms with E-state index in [1.165, 1.54) is 6.08 Å². The van der Waals surface area contributed by atoms with Gasteiger partial charge in [0.25, 0.3) is 0 Å². The van der Waals surface area contributed by atoms with Crippen molar-refractivity contribution >= 4 is 5.78 Å². The number of carbonyl (C=O) groups is 1. The van der Waals surface area contributed by atoms with Crippen molar-refractivity contribution in [3.05, 3.63) is 12.7 Å². The maximum Gasteiger partial charge on any atom is 0.180 e. The van der Waals surface area contributed by atoms with E-state index in [1.807, 2.05) is 13.8 Å². The highest BCUT2D eigenvalue weighted by Crippen LogP contribution is 2.32. The van der Waals surface area contributed by atoms with E-state index in [0.29, 0.717) is 19.8 Å². The molecule has 0 N–H and O–H groups in total. The second-order valence-electron chi connectivity index (χ2n) is 4.99. The van der Waals surface area contributed by atoms with Crippen LogP contribution in [0.1, 0.15) is 27.2 Å². The maximum atomic E-state index is 11.0. The minimum atomic E-state index is -0.518. The van der Waals surface area contributed by atoms with Gasteiger partial charge < -0.3 is 14.2 Å². The molecule has 1 saturated heterocycles. The number of hydrogen-bond donors (Lipinski definition) is 0. The van der Waals surface area contributed by atoms with Crippen molar-refractivity contribution in [1.29, 1.82) is 0 Å². The molecular formula is C13H22O4. The number of carbonyl (C=O) groups excluding carboxylic acids is 1. The normalized spacial score (nSPS) is 22.1. The van der Waals surface area contributed by atoms with Crippen molar-refractivity contribution in [2.75, 3.05) is 26.4 Å². The predicted octanol–water partition coefficient (Wildman–Crippen LogP) is 1.94. The van der Waals surface area contributed by atoms with Crippen molar-refractivity contribution in [1.82, 2.24) is 0 Å². The topological polar surface area (TPSA) is 44.8 Å². The Hall–Kier alpha value is -0.710. The highest BCUT2D eigenvalue weighted by Gasteiger charge is 2.39. The zero-order chi connectivity index (χ0) is 12.9. The Morgan fingerprint density at radius 3 is 2.47 bits per heavy atom. The average Bonchev–Trinajstić information content (AvgIpc) is 2.31. The SMILES string of the molecule is C=CC(=O)COCC1(CC)COC(C)(C)OC1. The quantitative estimate of drug-likeness (QED) is 0.668. The maximum absolute atomic E-state index is 11.0. The van der Waals surface area contributed by atoms with Gasteiger partial charge in [0.05, 0.1) is 19.8 Å². The van der Waals surface area contributed by atoms with E-state index >= 15 is 0 Å². The first-order valence-corrected chi connectivity index (χ1v) is 5.94. The molecule has 98 valence electrons. The van der Waals surface area contributed by atoms with E-state index in [2.05, 4.69) is 13.5 Å². The Kier molecular flexibility index (Phi) is 4.86. The van der Waals surface area contributed by atoms with E-state index in [4.69, 9.17) is 14.2 Å². The van der Waals surface area contributed by atoms with Gasteiger partial charge in [-0.3, -0.25) is 4.79 Å². The third-order valence-electron chi connectivity index (χ3n) is 3.08. The molecule has 4 heteroatoms. The number of ketones is 1. The summed E-state index contributed by atoms with van der Waals surface area (Å²) in [5, 5.41) is 0. The van der Waals surface area contributed by atoms with Crippen molar-refractivity contribution in [3.63, 3.8) is 0 Å². The van der Waals surface area contributed by atoms with Crippen LogP contribution in [0.25, 0.3) is 0 Å². The third kappa shape index (κ3) is 4.22.